The minimum Gasteiger partial charge on any atom is -0.310 e. The van der Waals surface area contributed by atoms with E-state index in [0.717, 1.165) is 11.4 Å². The van der Waals surface area contributed by atoms with Gasteiger partial charge in [0.25, 0.3) is 0 Å². The molecule has 1 heteroatoms. The average Bonchev–Trinajstić information content (AvgIpc) is 2.91. The molecule has 0 radical (unpaired) electrons. The number of rotatable bonds is 4. The summed E-state index contributed by atoms with van der Waals surface area (Å²) in [5, 5.41) is 5.04. The van der Waals surface area contributed by atoms with Gasteiger partial charge in [-0.15, -0.1) is 0 Å². The molecular weight excluding hydrogens is 410 g/mol. The maximum Gasteiger partial charge on any atom is 0.0546 e. The molecule has 0 fully saturated rings. The molecule has 0 heterocycles. The first-order chi connectivity index (χ1) is 16.8. The Hall–Kier alpha value is -4.36. The van der Waals surface area contributed by atoms with Crippen molar-refractivity contribution in [2.45, 2.75) is 6.92 Å². The molecule has 0 saturated heterocycles. The van der Waals surface area contributed by atoms with E-state index < -0.39 is 0 Å². The molecule has 162 valence electrons. The quantitative estimate of drug-likeness (QED) is 0.249. The zero-order valence-electron chi connectivity index (χ0n) is 19.1. The largest absolute Gasteiger partial charge is 0.310 e. The van der Waals surface area contributed by atoms with Crippen LogP contribution in [0.15, 0.2) is 133 Å². The lowest BCUT2D eigenvalue weighted by Crippen LogP contribution is -2.10. The SMILES string of the molecule is Cc1ccc(N(c2ccc(-c3ccccc3)cc2)c2cc3ccccc3c3ccccc23)cc1. The van der Waals surface area contributed by atoms with Crippen LogP contribution in [0.4, 0.5) is 17.1 Å². The summed E-state index contributed by atoms with van der Waals surface area (Å²) in [5.74, 6) is 0. The Morgan fingerprint density at radius 3 is 1.68 bits per heavy atom. The highest BCUT2D eigenvalue weighted by atomic mass is 15.1. The normalized spacial score (nSPS) is 11.1. The Morgan fingerprint density at radius 1 is 0.441 bits per heavy atom. The number of hydrogen-bond donors (Lipinski definition) is 0. The predicted octanol–water partition coefficient (Wildman–Crippen LogP) is 9.44. The smallest absolute Gasteiger partial charge is 0.0546 e. The molecule has 0 N–H and O–H groups in total. The van der Waals surface area contributed by atoms with E-state index in [4.69, 9.17) is 0 Å². The van der Waals surface area contributed by atoms with Crippen molar-refractivity contribution >= 4 is 38.6 Å². The van der Waals surface area contributed by atoms with E-state index in [9.17, 15) is 0 Å². The van der Waals surface area contributed by atoms with Gasteiger partial charge in [0.05, 0.1) is 5.69 Å². The molecule has 6 rings (SSSR count). The van der Waals surface area contributed by atoms with E-state index in [2.05, 4.69) is 145 Å². The molecule has 0 spiro atoms. The summed E-state index contributed by atoms with van der Waals surface area (Å²) in [6.45, 7) is 2.13. The molecule has 0 atom stereocenters. The molecule has 0 aliphatic rings. The van der Waals surface area contributed by atoms with Gasteiger partial charge in [-0.25, -0.2) is 0 Å². The highest BCUT2D eigenvalue weighted by Gasteiger charge is 2.17. The fourth-order valence-electron chi connectivity index (χ4n) is 4.77. The third-order valence-corrected chi connectivity index (χ3v) is 6.51. The van der Waals surface area contributed by atoms with Gasteiger partial charge in [-0.3, -0.25) is 0 Å². The van der Waals surface area contributed by atoms with Crippen LogP contribution in [0.2, 0.25) is 0 Å². The first-order valence-electron chi connectivity index (χ1n) is 11.7. The number of anilines is 3. The first kappa shape index (κ1) is 20.3. The van der Waals surface area contributed by atoms with Gasteiger partial charge in [0, 0.05) is 16.8 Å². The van der Waals surface area contributed by atoms with Crippen molar-refractivity contribution < 1.29 is 0 Å². The van der Waals surface area contributed by atoms with Crippen molar-refractivity contribution in [1.82, 2.24) is 0 Å². The first-order valence-corrected chi connectivity index (χ1v) is 11.7. The van der Waals surface area contributed by atoms with E-state index in [1.165, 1.54) is 43.9 Å². The van der Waals surface area contributed by atoms with Crippen molar-refractivity contribution in [2.24, 2.45) is 0 Å². The second-order valence-electron chi connectivity index (χ2n) is 8.75. The molecule has 0 aliphatic heterocycles. The van der Waals surface area contributed by atoms with Gasteiger partial charge in [0.15, 0.2) is 0 Å². The van der Waals surface area contributed by atoms with Gasteiger partial charge in [-0.2, -0.15) is 0 Å². The summed E-state index contributed by atoms with van der Waals surface area (Å²) >= 11 is 0. The Morgan fingerprint density at radius 2 is 0.971 bits per heavy atom. The van der Waals surface area contributed by atoms with Crippen LogP contribution in [-0.4, -0.2) is 0 Å². The van der Waals surface area contributed by atoms with E-state index in [0.29, 0.717) is 0 Å². The van der Waals surface area contributed by atoms with Crippen LogP contribution < -0.4 is 4.90 Å². The van der Waals surface area contributed by atoms with Crippen LogP contribution in [0.3, 0.4) is 0 Å². The molecule has 0 aliphatic carbocycles. The second-order valence-corrected chi connectivity index (χ2v) is 8.75. The van der Waals surface area contributed by atoms with Crippen LogP contribution in [0.1, 0.15) is 5.56 Å². The molecule has 0 unspecified atom stereocenters. The Bertz CT molecular complexity index is 1580. The maximum atomic E-state index is 2.38. The highest BCUT2D eigenvalue weighted by Crippen LogP contribution is 2.42. The van der Waals surface area contributed by atoms with Crippen LogP contribution in [-0.2, 0) is 0 Å². The zero-order chi connectivity index (χ0) is 22.9. The van der Waals surface area contributed by atoms with Gasteiger partial charge in [-0.1, -0.05) is 109 Å². The summed E-state index contributed by atoms with van der Waals surface area (Å²) in [6.07, 6.45) is 0. The van der Waals surface area contributed by atoms with Gasteiger partial charge in [0.1, 0.15) is 0 Å². The average molecular weight is 436 g/mol. The Labute approximate surface area is 200 Å². The fourth-order valence-corrected chi connectivity index (χ4v) is 4.77. The molecule has 1 nitrogen and oxygen atoms in total. The topological polar surface area (TPSA) is 3.24 Å². The zero-order valence-corrected chi connectivity index (χ0v) is 19.1. The molecule has 0 bridgehead atoms. The standard InChI is InChI=1S/C33H25N/c1-24-15-19-28(20-16-24)34(29-21-17-26(18-22-29)25-9-3-2-4-10-25)33-23-27-11-5-6-12-30(27)31-13-7-8-14-32(31)33/h2-23H,1H3. The fraction of sp³-hybridized carbons (Fsp3) is 0.0303. The van der Waals surface area contributed by atoms with E-state index in [-0.39, 0.29) is 0 Å². The number of hydrogen-bond acceptors (Lipinski definition) is 1. The van der Waals surface area contributed by atoms with Crippen LogP contribution >= 0.6 is 0 Å². The monoisotopic (exact) mass is 435 g/mol. The lowest BCUT2D eigenvalue weighted by atomic mass is 9.98. The van der Waals surface area contributed by atoms with E-state index in [1.54, 1.807) is 0 Å². The molecular formula is C33H25N. The summed E-state index contributed by atoms with van der Waals surface area (Å²) in [7, 11) is 0. The van der Waals surface area contributed by atoms with Crippen molar-refractivity contribution in [2.75, 3.05) is 4.90 Å². The van der Waals surface area contributed by atoms with Crippen molar-refractivity contribution in [3.8, 4) is 11.1 Å². The molecule has 6 aromatic rings. The van der Waals surface area contributed by atoms with Crippen molar-refractivity contribution in [1.29, 1.82) is 0 Å². The number of benzene rings is 6. The number of aryl methyl sites for hydroxylation is 1. The minimum atomic E-state index is 1.14. The summed E-state index contributed by atoms with van der Waals surface area (Å²) in [4.78, 5) is 2.38. The Balaban J connectivity index is 1.58. The van der Waals surface area contributed by atoms with Gasteiger partial charge >= 0.3 is 0 Å². The molecule has 0 amide bonds. The third-order valence-electron chi connectivity index (χ3n) is 6.51. The summed E-state index contributed by atoms with van der Waals surface area (Å²) in [5.41, 5.74) is 7.18. The highest BCUT2D eigenvalue weighted by molar-refractivity contribution is 6.14. The second kappa shape index (κ2) is 8.53. The van der Waals surface area contributed by atoms with Gasteiger partial charge < -0.3 is 4.90 Å². The van der Waals surface area contributed by atoms with Crippen molar-refractivity contribution in [3.63, 3.8) is 0 Å². The summed E-state index contributed by atoms with van der Waals surface area (Å²) in [6, 6.07) is 47.9. The van der Waals surface area contributed by atoms with E-state index in [1.807, 2.05) is 0 Å². The van der Waals surface area contributed by atoms with Gasteiger partial charge in [-0.05, 0) is 64.5 Å². The predicted molar refractivity (Wildman–Crippen MR) is 146 cm³/mol. The minimum absolute atomic E-state index is 1.14. The van der Waals surface area contributed by atoms with Gasteiger partial charge in [0.2, 0.25) is 0 Å². The van der Waals surface area contributed by atoms with E-state index >= 15 is 0 Å². The van der Waals surface area contributed by atoms with Crippen LogP contribution in [0, 0.1) is 6.92 Å². The van der Waals surface area contributed by atoms with Crippen LogP contribution in [0.25, 0.3) is 32.7 Å². The van der Waals surface area contributed by atoms with Crippen LogP contribution in [0.5, 0.6) is 0 Å². The maximum absolute atomic E-state index is 2.38. The Kier molecular flexibility index (Phi) is 5.08. The lowest BCUT2D eigenvalue weighted by molar-refractivity contribution is 1.29. The molecule has 0 saturated carbocycles. The number of nitrogens with zero attached hydrogens (tertiary/aromatic N) is 1. The number of fused-ring (bicyclic) bond motifs is 3. The molecule has 0 aromatic heterocycles. The van der Waals surface area contributed by atoms with Crippen molar-refractivity contribution in [3.05, 3.63) is 139 Å². The lowest BCUT2D eigenvalue weighted by Gasteiger charge is -2.28. The molecule has 6 aromatic carbocycles. The third kappa shape index (κ3) is 3.62. The summed E-state index contributed by atoms with van der Waals surface area (Å²) < 4.78 is 0. The molecule has 34 heavy (non-hydrogen) atoms.